The van der Waals surface area contributed by atoms with Crippen LogP contribution in [0, 0.1) is 0 Å². The van der Waals surface area contributed by atoms with E-state index in [9.17, 15) is 0 Å². The Kier molecular flexibility index (Phi) is 3.98. The van der Waals surface area contributed by atoms with E-state index in [1.54, 1.807) is 6.20 Å². The number of piperidine rings is 1. The molecule has 0 unspecified atom stereocenters. The van der Waals surface area contributed by atoms with Crippen LogP contribution in [0.4, 0.5) is 0 Å². The van der Waals surface area contributed by atoms with Crippen LogP contribution in [-0.2, 0) is 6.54 Å². The summed E-state index contributed by atoms with van der Waals surface area (Å²) in [6, 6.07) is 4.22. The summed E-state index contributed by atoms with van der Waals surface area (Å²) < 4.78 is 5.34. The zero-order valence-electron chi connectivity index (χ0n) is 11.4. The first-order chi connectivity index (χ1) is 9.74. The van der Waals surface area contributed by atoms with Crippen LogP contribution in [0.15, 0.2) is 22.9 Å². The van der Waals surface area contributed by atoms with E-state index in [-0.39, 0.29) is 0 Å². The van der Waals surface area contributed by atoms with Crippen molar-refractivity contribution in [2.45, 2.75) is 38.8 Å². The quantitative estimate of drug-likeness (QED) is 0.813. The van der Waals surface area contributed by atoms with E-state index >= 15 is 0 Å². The summed E-state index contributed by atoms with van der Waals surface area (Å²) >= 11 is 6.04. The highest BCUT2D eigenvalue weighted by Gasteiger charge is 2.21. The summed E-state index contributed by atoms with van der Waals surface area (Å²) in [6.45, 7) is 4.03. The fraction of sp³-hybridized carbons (Fsp3) is 0.500. The molecular weight excluding hydrogens is 276 g/mol. The van der Waals surface area contributed by atoms with Gasteiger partial charge in [-0.2, -0.15) is 4.98 Å². The summed E-state index contributed by atoms with van der Waals surface area (Å²) in [5, 5.41) is 4.40. The van der Waals surface area contributed by atoms with Crippen LogP contribution in [0.3, 0.4) is 0 Å². The van der Waals surface area contributed by atoms with Gasteiger partial charge in [-0.05, 0) is 38.4 Å². The van der Waals surface area contributed by atoms with Crippen molar-refractivity contribution in [3.63, 3.8) is 0 Å². The van der Waals surface area contributed by atoms with E-state index in [1.165, 1.54) is 19.3 Å². The molecule has 0 amide bonds. The Morgan fingerprint density at radius 1 is 1.45 bits per heavy atom. The monoisotopic (exact) mass is 292 g/mol. The Morgan fingerprint density at radius 3 is 3.15 bits per heavy atom. The first-order valence-corrected chi connectivity index (χ1v) is 7.29. The van der Waals surface area contributed by atoms with E-state index in [0.29, 0.717) is 35.0 Å². The SMILES string of the molecule is C[C@H]1CCCCN1Cc1nc(-c2cccnc2Cl)no1. The highest BCUT2D eigenvalue weighted by molar-refractivity contribution is 6.31. The molecule has 1 fully saturated rings. The van der Waals surface area contributed by atoms with Crippen molar-refractivity contribution in [1.29, 1.82) is 0 Å². The highest BCUT2D eigenvalue weighted by atomic mass is 35.5. The van der Waals surface area contributed by atoms with Crippen LogP contribution >= 0.6 is 11.6 Å². The van der Waals surface area contributed by atoms with E-state index in [2.05, 4.69) is 26.9 Å². The molecule has 20 heavy (non-hydrogen) atoms. The zero-order valence-corrected chi connectivity index (χ0v) is 12.2. The molecular formula is C14H17ClN4O. The first kappa shape index (κ1) is 13.5. The molecule has 5 nitrogen and oxygen atoms in total. The van der Waals surface area contributed by atoms with Gasteiger partial charge in [0.1, 0.15) is 5.15 Å². The Balaban J connectivity index is 1.75. The number of hydrogen-bond acceptors (Lipinski definition) is 5. The molecule has 0 bridgehead atoms. The molecule has 1 atom stereocenters. The van der Waals surface area contributed by atoms with Crippen molar-refractivity contribution in [3.8, 4) is 11.4 Å². The minimum Gasteiger partial charge on any atom is -0.338 e. The largest absolute Gasteiger partial charge is 0.338 e. The predicted octanol–water partition coefficient (Wildman–Crippen LogP) is 3.16. The first-order valence-electron chi connectivity index (χ1n) is 6.91. The molecule has 2 aromatic rings. The van der Waals surface area contributed by atoms with Gasteiger partial charge in [0.25, 0.3) is 0 Å². The number of likely N-dealkylation sites (tertiary alicyclic amines) is 1. The summed E-state index contributed by atoms with van der Waals surface area (Å²) in [5.41, 5.74) is 0.704. The maximum Gasteiger partial charge on any atom is 0.241 e. The van der Waals surface area contributed by atoms with Gasteiger partial charge in [0, 0.05) is 12.2 Å². The molecule has 106 valence electrons. The molecule has 1 aliphatic heterocycles. The fourth-order valence-electron chi connectivity index (χ4n) is 2.55. The second-order valence-corrected chi connectivity index (χ2v) is 5.53. The van der Waals surface area contributed by atoms with Gasteiger partial charge in [0.2, 0.25) is 11.7 Å². The second kappa shape index (κ2) is 5.89. The predicted molar refractivity (Wildman–Crippen MR) is 76.3 cm³/mol. The van der Waals surface area contributed by atoms with Crippen LogP contribution < -0.4 is 0 Å². The number of nitrogens with zero attached hydrogens (tertiary/aromatic N) is 4. The smallest absolute Gasteiger partial charge is 0.241 e. The van der Waals surface area contributed by atoms with Crippen LogP contribution in [-0.4, -0.2) is 32.6 Å². The third-order valence-corrected chi connectivity index (χ3v) is 4.05. The van der Waals surface area contributed by atoms with E-state index in [4.69, 9.17) is 16.1 Å². The van der Waals surface area contributed by atoms with Crippen LogP contribution in [0.5, 0.6) is 0 Å². The topological polar surface area (TPSA) is 55.1 Å². The molecule has 0 radical (unpaired) electrons. The molecule has 2 aromatic heterocycles. The molecule has 1 saturated heterocycles. The van der Waals surface area contributed by atoms with Crippen molar-refractivity contribution < 1.29 is 4.52 Å². The maximum absolute atomic E-state index is 6.04. The van der Waals surface area contributed by atoms with Crippen LogP contribution in [0.25, 0.3) is 11.4 Å². The van der Waals surface area contributed by atoms with E-state index in [1.807, 2.05) is 12.1 Å². The Labute approximate surface area is 123 Å². The van der Waals surface area contributed by atoms with Gasteiger partial charge in [-0.25, -0.2) is 4.98 Å². The summed E-state index contributed by atoms with van der Waals surface area (Å²) in [6.07, 6.45) is 5.41. The molecule has 0 N–H and O–H groups in total. The third-order valence-electron chi connectivity index (χ3n) is 3.75. The van der Waals surface area contributed by atoms with Gasteiger partial charge < -0.3 is 4.52 Å². The van der Waals surface area contributed by atoms with Crippen molar-refractivity contribution in [3.05, 3.63) is 29.4 Å². The second-order valence-electron chi connectivity index (χ2n) is 5.17. The Bertz CT molecular complexity index is 586. The van der Waals surface area contributed by atoms with Crippen molar-refractivity contribution in [2.75, 3.05) is 6.54 Å². The van der Waals surface area contributed by atoms with Crippen LogP contribution in [0.2, 0.25) is 5.15 Å². The molecule has 0 saturated carbocycles. The molecule has 6 heteroatoms. The minimum absolute atomic E-state index is 0.395. The van der Waals surface area contributed by atoms with Crippen molar-refractivity contribution >= 4 is 11.6 Å². The number of halogens is 1. The van der Waals surface area contributed by atoms with Gasteiger partial charge in [-0.3, -0.25) is 4.90 Å². The third kappa shape index (κ3) is 2.83. The molecule has 0 aliphatic carbocycles. The Hall–Kier alpha value is -1.46. The lowest BCUT2D eigenvalue weighted by atomic mass is 10.0. The van der Waals surface area contributed by atoms with E-state index < -0.39 is 0 Å². The number of pyridine rings is 1. The molecule has 3 rings (SSSR count). The fourth-order valence-corrected chi connectivity index (χ4v) is 2.75. The normalized spacial score (nSPS) is 20.2. The van der Waals surface area contributed by atoms with Gasteiger partial charge in [0.05, 0.1) is 12.1 Å². The molecule has 1 aliphatic rings. The lowest BCUT2D eigenvalue weighted by molar-refractivity contribution is 0.135. The van der Waals surface area contributed by atoms with Crippen molar-refractivity contribution in [1.82, 2.24) is 20.0 Å². The summed E-state index contributed by atoms with van der Waals surface area (Å²) in [4.78, 5) is 10.8. The number of aromatic nitrogens is 3. The summed E-state index contributed by atoms with van der Waals surface area (Å²) in [7, 11) is 0. The lowest BCUT2D eigenvalue weighted by Gasteiger charge is -2.31. The van der Waals surface area contributed by atoms with E-state index in [0.717, 1.165) is 6.54 Å². The van der Waals surface area contributed by atoms with Gasteiger partial charge in [-0.1, -0.05) is 23.2 Å². The summed E-state index contributed by atoms with van der Waals surface area (Å²) in [5.74, 6) is 1.14. The zero-order chi connectivity index (χ0) is 13.9. The average molecular weight is 293 g/mol. The highest BCUT2D eigenvalue weighted by Crippen LogP contribution is 2.24. The van der Waals surface area contributed by atoms with Gasteiger partial charge >= 0.3 is 0 Å². The lowest BCUT2D eigenvalue weighted by Crippen LogP contribution is -2.36. The average Bonchev–Trinajstić information content (AvgIpc) is 2.90. The Morgan fingerprint density at radius 2 is 2.35 bits per heavy atom. The molecule has 0 spiro atoms. The van der Waals surface area contributed by atoms with Gasteiger partial charge in [-0.15, -0.1) is 0 Å². The van der Waals surface area contributed by atoms with Gasteiger partial charge in [0.15, 0.2) is 0 Å². The van der Waals surface area contributed by atoms with Crippen molar-refractivity contribution in [2.24, 2.45) is 0 Å². The minimum atomic E-state index is 0.395. The van der Waals surface area contributed by atoms with Crippen LogP contribution in [0.1, 0.15) is 32.1 Å². The standard InChI is InChI=1S/C14H17ClN4O/c1-10-5-2-3-8-19(10)9-12-17-14(18-20-12)11-6-4-7-16-13(11)15/h4,6-7,10H,2-3,5,8-9H2,1H3/t10-/m0/s1. The molecule has 0 aromatic carbocycles. The number of hydrogen-bond donors (Lipinski definition) is 0. The maximum atomic E-state index is 6.04. The molecule has 3 heterocycles. The number of rotatable bonds is 3.